The maximum Gasteiger partial charge on any atom is 0.146 e. The fourth-order valence-electron chi connectivity index (χ4n) is 1.81. The summed E-state index contributed by atoms with van der Waals surface area (Å²) >= 11 is 6.08. The summed E-state index contributed by atoms with van der Waals surface area (Å²) in [5, 5.41) is 3.76. The van der Waals surface area contributed by atoms with Crippen molar-refractivity contribution in [3.8, 4) is 11.5 Å². The zero-order chi connectivity index (χ0) is 15.5. The predicted molar refractivity (Wildman–Crippen MR) is 84.5 cm³/mol. The Morgan fingerprint density at radius 1 is 1.05 bits per heavy atom. The molecule has 0 saturated heterocycles. The average molecular weight is 308 g/mol. The minimum Gasteiger partial charge on any atom is -0.455 e. The largest absolute Gasteiger partial charge is 0.455 e. The molecular weight excluding hydrogens is 289 g/mol. The number of rotatable bonds is 4. The van der Waals surface area contributed by atoms with Crippen LogP contribution >= 0.6 is 11.6 Å². The Labute approximate surface area is 129 Å². The van der Waals surface area contributed by atoms with E-state index in [1.54, 1.807) is 24.3 Å². The minimum absolute atomic E-state index is 0.107. The SMILES string of the molecule is CC(C)(C)NCc1c(F)cccc1Oc1ccccc1Cl. The third kappa shape index (κ3) is 4.45. The Kier molecular flexibility index (Phi) is 4.86. The van der Waals surface area contributed by atoms with Gasteiger partial charge in [0.1, 0.15) is 17.3 Å². The average Bonchev–Trinajstić information content (AvgIpc) is 2.39. The number of nitrogens with one attached hydrogen (secondary N) is 1. The Morgan fingerprint density at radius 3 is 2.38 bits per heavy atom. The van der Waals surface area contributed by atoms with Gasteiger partial charge in [-0.25, -0.2) is 4.39 Å². The Hall–Kier alpha value is -1.58. The fourth-order valence-corrected chi connectivity index (χ4v) is 1.98. The van der Waals surface area contributed by atoms with E-state index in [9.17, 15) is 4.39 Å². The van der Waals surface area contributed by atoms with Crippen LogP contribution in [0.25, 0.3) is 0 Å². The molecule has 0 saturated carbocycles. The van der Waals surface area contributed by atoms with E-state index in [0.717, 1.165) is 0 Å². The number of para-hydroxylation sites is 1. The number of benzene rings is 2. The van der Waals surface area contributed by atoms with Crippen LogP contribution in [0, 0.1) is 5.82 Å². The molecule has 0 aromatic heterocycles. The van der Waals surface area contributed by atoms with E-state index in [4.69, 9.17) is 16.3 Å². The van der Waals surface area contributed by atoms with Gasteiger partial charge >= 0.3 is 0 Å². The van der Waals surface area contributed by atoms with Gasteiger partial charge in [0.25, 0.3) is 0 Å². The highest BCUT2D eigenvalue weighted by molar-refractivity contribution is 6.32. The maximum absolute atomic E-state index is 14.1. The number of ether oxygens (including phenoxy) is 1. The van der Waals surface area contributed by atoms with Gasteiger partial charge in [-0.15, -0.1) is 0 Å². The lowest BCUT2D eigenvalue weighted by atomic mass is 10.1. The first kappa shape index (κ1) is 15.8. The van der Waals surface area contributed by atoms with Crippen LogP contribution in [0.15, 0.2) is 42.5 Å². The van der Waals surface area contributed by atoms with Gasteiger partial charge in [-0.05, 0) is 45.0 Å². The summed E-state index contributed by atoms with van der Waals surface area (Å²) in [6, 6.07) is 11.9. The van der Waals surface area contributed by atoms with Gasteiger partial charge in [0, 0.05) is 17.6 Å². The van der Waals surface area contributed by atoms with E-state index >= 15 is 0 Å². The normalized spacial score (nSPS) is 11.5. The topological polar surface area (TPSA) is 21.3 Å². The first-order valence-electron chi connectivity index (χ1n) is 6.81. The number of hydrogen-bond acceptors (Lipinski definition) is 2. The molecule has 2 aromatic rings. The number of halogens is 2. The fraction of sp³-hybridized carbons (Fsp3) is 0.294. The summed E-state index contributed by atoms with van der Waals surface area (Å²) in [6.07, 6.45) is 0. The van der Waals surface area contributed by atoms with Crippen LogP contribution < -0.4 is 10.1 Å². The minimum atomic E-state index is -0.295. The quantitative estimate of drug-likeness (QED) is 0.842. The molecule has 21 heavy (non-hydrogen) atoms. The molecule has 0 aliphatic carbocycles. The van der Waals surface area contributed by atoms with E-state index < -0.39 is 0 Å². The lowest BCUT2D eigenvalue weighted by Crippen LogP contribution is -2.35. The highest BCUT2D eigenvalue weighted by Gasteiger charge is 2.15. The second kappa shape index (κ2) is 6.46. The van der Waals surface area contributed by atoms with Crippen LogP contribution in [0.2, 0.25) is 5.02 Å². The molecule has 0 aliphatic heterocycles. The van der Waals surface area contributed by atoms with Crippen LogP contribution in [0.1, 0.15) is 26.3 Å². The standard InChI is InChI=1S/C17H19ClFNO/c1-17(2,3)20-11-12-14(19)8-6-10-15(12)21-16-9-5-4-7-13(16)18/h4-10,20H,11H2,1-3H3. The molecule has 1 N–H and O–H groups in total. The summed E-state index contributed by atoms with van der Waals surface area (Å²) in [7, 11) is 0. The van der Waals surface area contributed by atoms with Crippen LogP contribution in [0.5, 0.6) is 11.5 Å². The summed E-state index contributed by atoms with van der Waals surface area (Å²) in [5.41, 5.74) is 0.386. The molecule has 112 valence electrons. The van der Waals surface area contributed by atoms with Crippen molar-refractivity contribution in [3.05, 3.63) is 58.9 Å². The lowest BCUT2D eigenvalue weighted by Gasteiger charge is -2.22. The molecule has 0 bridgehead atoms. The van der Waals surface area contributed by atoms with E-state index in [2.05, 4.69) is 5.32 Å². The van der Waals surface area contributed by atoms with Gasteiger partial charge in [-0.3, -0.25) is 0 Å². The summed E-state index contributed by atoms with van der Waals surface area (Å²) < 4.78 is 19.8. The van der Waals surface area contributed by atoms with Crippen LogP contribution in [-0.2, 0) is 6.54 Å². The van der Waals surface area contributed by atoms with Gasteiger partial charge in [-0.1, -0.05) is 29.8 Å². The van der Waals surface area contributed by atoms with Crippen molar-refractivity contribution in [1.82, 2.24) is 5.32 Å². The van der Waals surface area contributed by atoms with Gasteiger partial charge in [0.15, 0.2) is 0 Å². The van der Waals surface area contributed by atoms with Gasteiger partial charge < -0.3 is 10.1 Å². The molecule has 2 aromatic carbocycles. The zero-order valence-electron chi connectivity index (χ0n) is 12.4. The van der Waals surface area contributed by atoms with Gasteiger partial charge in [-0.2, -0.15) is 0 Å². The number of hydrogen-bond donors (Lipinski definition) is 1. The Morgan fingerprint density at radius 2 is 1.71 bits per heavy atom. The van der Waals surface area contributed by atoms with Crippen LogP contribution in [0.4, 0.5) is 4.39 Å². The van der Waals surface area contributed by atoms with Crippen molar-refractivity contribution in [3.63, 3.8) is 0 Å². The molecule has 0 spiro atoms. The van der Waals surface area contributed by atoms with Crippen LogP contribution in [-0.4, -0.2) is 5.54 Å². The highest BCUT2D eigenvalue weighted by atomic mass is 35.5. The first-order chi connectivity index (χ1) is 9.87. The Bertz CT molecular complexity index is 622. The highest BCUT2D eigenvalue weighted by Crippen LogP contribution is 2.32. The zero-order valence-corrected chi connectivity index (χ0v) is 13.2. The third-order valence-corrected chi connectivity index (χ3v) is 3.24. The maximum atomic E-state index is 14.1. The van der Waals surface area contributed by atoms with Crippen molar-refractivity contribution in [2.24, 2.45) is 0 Å². The van der Waals surface area contributed by atoms with Crippen molar-refractivity contribution < 1.29 is 9.13 Å². The van der Waals surface area contributed by atoms with Crippen molar-refractivity contribution in [1.29, 1.82) is 0 Å². The second-order valence-corrected chi connectivity index (χ2v) is 6.26. The monoisotopic (exact) mass is 307 g/mol. The molecule has 0 aliphatic rings. The molecule has 0 amide bonds. The van der Waals surface area contributed by atoms with Gasteiger partial charge in [0.2, 0.25) is 0 Å². The Balaban J connectivity index is 2.27. The van der Waals surface area contributed by atoms with E-state index in [1.165, 1.54) is 6.07 Å². The molecule has 0 fully saturated rings. The second-order valence-electron chi connectivity index (χ2n) is 5.85. The molecule has 0 unspecified atom stereocenters. The molecule has 2 nitrogen and oxygen atoms in total. The summed E-state index contributed by atoms with van der Waals surface area (Å²) in [4.78, 5) is 0. The van der Waals surface area contributed by atoms with Gasteiger partial charge in [0.05, 0.1) is 5.02 Å². The van der Waals surface area contributed by atoms with E-state index in [0.29, 0.717) is 28.6 Å². The molecular formula is C17H19ClFNO. The molecule has 4 heteroatoms. The summed E-state index contributed by atoms with van der Waals surface area (Å²) in [5.74, 6) is 0.693. The van der Waals surface area contributed by atoms with Crippen molar-refractivity contribution >= 4 is 11.6 Å². The molecule has 0 radical (unpaired) electrons. The van der Waals surface area contributed by atoms with Crippen molar-refractivity contribution in [2.45, 2.75) is 32.9 Å². The first-order valence-corrected chi connectivity index (χ1v) is 7.19. The smallest absolute Gasteiger partial charge is 0.146 e. The van der Waals surface area contributed by atoms with Crippen molar-refractivity contribution in [2.75, 3.05) is 0 Å². The predicted octanol–water partition coefficient (Wildman–Crippen LogP) is 5.16. The van der Waals surface area contributed by atoms with E-state index in [-0.39, 0.29) is 11.4 Å². The van der Waals surface area contributed by atoms with E-state index in [1.807, 2.05) is 32.9 Å². The summed E-state index contributed by atoms with van der Waals surface area (Å²) in [6.45, 7) is 6.48. The third-order valence-electron chi connectivity index (χ3n) is 2.93. The molecule has 2 rings (SSSR count). The van der Waals surface area contributed by atoms with Crippen LogP contribution in [0.3, 0.4) is 0 Å². The lowest BCUT2D eigenvalue weighted by molar-refractivity contribution is 0.406. The molecule has 0 atom stereocenters. The molecule has 0 heterocycles.